The molecule has 0 saturated heterocycles. The minimum Gasteiger partial charge on any atom is -0.481 e. The van der Waals surface area contributed by atoms with Crippen LogP contribution in [0.1, 0.15) is 74.2 Å². The third-order valence-corrected chi connectivity index (χ3v) is 14.4. The molecule has 0 spiro atoms. The van der Waals surface area contributed by atoms with Crippen molar-refractivity contribution in [2.75, 3.05) is 7.11 Å². The van der Waals surface area contributed by atoms with Crippen LogP contribution in [0.5, 0.6) is 5.88 Å². The van der Waals surface area contributed by atoms with E-state index in [0.717, 1.165) is 33.2 Å². The molecule has 0 amide bonds. The van der Waals surface area contributed by atoms with E-state index in [1.807, 2.05) is 25.1 Å². The molecule has 4 rings (SSSR count). The van der Waals surface area contributed by atoms with Crippen LogP contribution in [0.3, 0.4) is 0 Å². The lowest BCUT2D eigenvalue weighted by molar-refractivity contribution is 0.103. The number of methoxy groups -OCH3 is 1. The summed E-state index contributed by atoms with van der Waals surface area (Å²) in [5.41, 5.74) is 7.82. The van der Waals surface area contributed by atoms with Crippen LogP contribution in [-0.2, 0) is 11.0 Å². The smallest absolute Gasteiger partial charge is 0.214 e. The summed E-state index contributed by atoms with van der Waals surface area (Å²) < 4.78 is 12.4. The fourth-order valence-electron chi connectivity index (χ4n) is 6.32. The summed E-state index contributed by atoms with van der Waals surface area (Å²) in [5, 5.41) is 10.1. The molecule has 0 atom stereocenters. The van der Waals surface area contributed by atoms with E-state index in [1.54, 1.807) is 31.4 Å². The second kappa shape index (κ2) is 12.4. The van der Waals surface area contributed by atoms with E-state index < -0.39 is 8.32 Å². The van der Waals surface area contributed by atoms with E-state index in [2.05, 4.69) is 76.9 Å². The molecule has 0 aliphatic carbocycles. The molecule has 1 aromatic heterocycles. The Bertz CT molecular complexity index is 1600. The standard InChI is InChI=1S/C35H40N2O3Si/c1-22(2)41(23(3)4,24(5)6)40-21-26-10-9-11-27(17-26)31-19-34(39-8)37-33-15-14-29(18-32(31)33)35(38)28-12-13-30(20-36)25(7)16-28/h9-19,22-24H,21H2,1-8H3. The predicted molar refractivity (Wildman–Crippen MR) is 169 cm³/mol. The normalized spacial score (nSPS) is 11.9. The van der Waals surface area contributed by atoms with Gasteiger partial charge < -0.3 is 9.16 Å². The number of carbonyl (C=O) groups is 1. The number of benzene rings is 3. The Kier molecular flexibility index (Phi) is 9.11. The summed E-state index contributed by atoms with van der Waals surface area (Å²) in [4.78, 5) is 18.1. The number of aromatic nitrogens is 1. The van der Waals surface area contributed by atoms with Crippen molar-refractivity contribution in [1.29, 1.82) is 5.26 Å². The third-order valence-electron chi connectivity index (χ3n) is 8.30. The van der Waals surface area contributed by atoms with Gasteiger partial charge in [-0.3, -0.25) is 4.79 Å². The number of ketones is 1. The van der Waals surface area contributed by atoms with Gasteiger partial charge in [-0.25, -0.2) is 4.98 Å². The van der Waals surface area contributed by atoms with Crippen molar-refractivity contribution >= 4 is 25.0 Å². The third kappa shape index (κ3) is 5.97. The predicted octanol–water partition coefficient (Wildman–Crippen LogP) is 9.01. The van der Waals surface area contributed by atoms with Gasteiger partial charge in [-0.2, -0.15) is 5.26 Å². The number of pyridine rings is 1. The van der Waals surface area contributed by atoms with E-state index in [-0.39, 0.29) is 5.78 Å². The maximum absolute atomic E-state index is 13.5. The number of rotatable bonds is 10. The van der Waals surface area contributed by atoms with Crippen LogP contribution in [-0.4, -0.2) is 26.2 Å². The Morgan fingerprint density at radius 3 is 2.17 bits per heavy atom. The SMILES string of the molecule is COc1cc(-c2cccc(CO[Si](C(C)C)(C(C)C)C(C)C)c2)c2cc(C(=O)c3ccc(C#N)c(C)c3)ccc2n1. The first-order chi connectivity index (χ1) is 19.5. The van der Waals surface area contributed by atoms with Gasteiger partial charge in [-0.1, -0.05) is 59.7 Å². The number of nitrogens with zero attached hydrogens (tertiary/aromatic N) is 2. The summed E-state index contributed by atoms with van der Waals surface area (Å²) in [6.45, 7) is 16.2. The van der Waals surface area contributed by atoms with Crippen LogP contribution in [0.15, 0.2) is 66.7 Å². The molecule has 6 heteroatoms. The molecule has 5 nitrogen and oxygen atoms in total. The largest absolute Gasteiger partial charge is 0.481 e. The first-order valence-corrected chi connectivity index (χ1v) is 16.4. The molecular weight excluding hydrogens is 524 g/mol. The molecule has 0 N–H and O–H groups in total. The van der Waals surface area contributed by atoms with Crippen molar-refractivity contribution in [3.63, 3.8) is 0 Å². The summed E-state index contributed by atoms with van der Waals surface area (Å²) in [7, 11) is -0.401. The molecule has 0 saturated carbocycles. The van der Waals surface area contributed by atoms with Crippen molar-refractivity contribution in [3.8, 4) is 23.1 Å². The van der Waals surface area contributed by atoms with Gasteiger partial charge in [0.25, 0.3) is 0 Å². The van der Waals surface area contributed by atoms with E-state index in [0.29, 0.717) is 45.8 Å². The van der Waals surface area contributed by atoms with Gasteiger partial charge in [-0.05, 0) is 88.3 Å². The van der Waals surface area contributed by atoms with Crippen LogP contribution in [0.25, 0.3) is 22.0 Å². The molecule has 4 aromatic rings. The molecular formula is C35H40N2O3Si. The lowest BCUT2D eigenvalue weighted by Crippen LogP contribution is -2.47. The Balaban J connectivity index is 1.75. The Morgan fingerprint density at radius 1 is 0.902 bits per heavy atom. The number of nitriles is 1. The monoisotopic (exact) mass is 564 g/mol. The van der Waals surface area contributed by atoms with Crippen molar-refractivity contribution in [3.05, 3.63) is 94.5 Å². The van der Waals surface area contributed by atoms with Crippen molar-refractivity contribution in [1.82, 2.24) is 4.98 Å². The molecule has 0 aliphatic heterocycles. The number of hydrogen-bond donors (Lipinski definition) is 0. The Hall–Kier alpha value is -3.79. The highest BCUT2D eigenvalue weighted by atomic mass is 28.4. The topological polar surface area (TPSA) is 72.2 Å². The molecule has 0 fully saturated rings. The first-order valence-electron chi connectivity index (χ1n) is 14.3. The lowest BCUT2D eigenvalue weighted by Gasteiger charge is -2.42. The van der Waals surface area contributed by atoms with E-state index in [9.17, 15) is 10.1 Å². The number of ether oxygens (including phenoxy) is 1. The molecule has 0 unspecified atom stereocenters. The molecule has 1 heterocycles. The zero-order valence-electron chi connectivity index (χ0n) is 25.4. The zero-order valence-corrected chi connectivity index (χ0v) is 26.4. The summed E-state index contributed by atoms with van der Waals surface area (Å²) in [6, 6.07) is 23.3. The lowest BCUT2D eigenvalue weighted by atomic mass is 9.95. The number of hydrogen-bond acceptors (Lipinski definition) is 5. The highest BCUT2D eigenvalue weighted by molar-refractivity contribution is 6.77. The van der Waals surface area contributed by atoms with Gasteiger partial charge in [0, 0.05) is 22.6 Å². The molecule has 3 aromatic carbocycles. The number of aryl methyl sites for hydroxylation is 1. The highest BCUT2D eigenvalue weighted by Crippen LogP contribution is 2.43. The van der Waals surface area contributed by atoms with Crippen molar-refractivity contribution < 1.29 is 14.0 Å². The van der Waals surface area contributed by atoms with Crippen LogP contribution in [0, 0.1) is 18.3 Å². The van der Waals surface area contributed by atoms with Crippen LogP contribution < -0.4 is 4.74 Å². The quantitative estimate of drug-likeness (QED) is 0.142. The molecule has 0 radical (unpaired) electrons. The number of carbonyl (C=O) groups excluding carboxylic acids is 1. The summed E-state index contributed by atoms with van der Waals surface area (Å²) in [5.74, 6) is 0.419. The van der Waals surface area contributed by atoms with Crippen LogP contribution >= 0.6 is 0 Å². The molecule has 41 heavy (non-hydrogen) atoms. The average Bonchev–Trinajstić information content (AvgIpc) is 2.95. The second-order valence-corrected chi connectivity index (χ2v) is 17.2. The minimum absolute atomic E-state index is 0.0965. The van der Waals surface area contributed by atoms with Crippen molar-refractivity contribution in [2.45, 2.75) is 71.7 Å². The molecule has 0 aliphatic rings. The van der Waals surface area contributed by atoms with Gasteiger partial charge in [0.05, 0.1) is 30.9 Å². The number of fused-ring (bicyclic) bond motifs is 1. The van der Waals surface area contributed by atoms with Gasteiger partial charge in [0.2, 0.25) is 14.2 Å². The Morgan fingerprint density at radius 2 is 1.56 bits per heavy atom. The van der Waals surface area contributed by atoms with Crippen molar-refractivity contribution in [2.24, 2.45) is 0 Å². The maximum atomic E-state index is 13.5. The first kappa shape index (κ1) is 30.2. The van der Waals surface area contributed by atoms with Gasteiger partial charge in [-0.15, -0.1) is 0 Å². The van der Waals surface area contributed by atoms with E-state index >= 15 is 0 Å². The molecule has 0 bridgehead atoms. The molecule has 212 valence electrons. The van der Waals surface area contributed by atoms with E-state index in [4.69, 9.17) is 9.16 Å². The minimum atomic E-state index is -2.01. The van der Waals surface area contributed by atoms with E-state index in [1.165, 1.54) is 0 Å². The summed E-state index contributed by atoms with van der Waals surface area (Å²) in [6.07, 6.45) is 0. The van der Waals surface area contributed by atoms with Gasteiger partial charge >= 0.3 is 0 Å². The second-order valence-electron chi connectivity index (χ2n) is 11.7. The fraction of sp³-hybridized carbons (Fsp3) is 0.343. The average molecular weight is 565 g/mol. The Labute approximate surface area is 245 Å². The zero-order chi connectivity index (χ0) is 29.9. The summed E-state index contributed by atoms with van der Waals surface area (Å²) >= 11 is 0. The fourth-order valence-corrected chi connectivity index (χ4v) is 11.7. The maximum Gasteiger partial charge on any atom is 0.214 e. The van der Waals surface area contributed by atoms with Crippen LogP contribution in [0.2, 0.25) is 16.6 Å². The highest BCUT2D eigenvalue weighted by Gasteiger charge is 2.44. The van der Waals surface area contributed by atoms with Crippen LogP contribution in [0.4, 0.5) is 0 Å². The van der Waals surface area contributed by atoms with Gasteiger partial charge in [0.1, 0.15) is 0 Å². The van der Waals surface area contributed by atoms with Gasteiger partial charge in [0.15, 0.2) is 5.78 Å².